The van der Waals surface area contributed by atoms with E-state index in [0.717, 1.165) is 33.6 Å². The van der Waals surface area contributed by atoms with Gasteiger partial charge in [-0.2, -0.15) is 9.64 Å². The highest BCUT2D eigenvalue weighted by Gasteiger charge is 2.19. The van der Waals surface area contributed by atoms with Crippen molar-refractivity contribution in [1.29, 1.82) is 5.26 Å². The molecule has 4 aromatic rings. The van der Waals surface area contributed by atoms with E-state index in [-0.39, 0.29) is 10.6 Å². The Bertz CT molecular complexity index is 1320. The molecule has 6 nitrogen and oxygen atoms in total. The Morgan fingerprint density at radius 3 is 2.64 bits per heavy atom. The van der Waals surface area contributed by atoms with Crippen LogP contribution in [-0.4, -0.2) is 22.8 Å². The van der Waals surface area contributed by atoms with Gasteiger partial charge in [0.25, 0.3) is 0 Å². The highest BCUT2D eigenvalue weighted by atomic mass is 32.2. The van der Waals surface area contributed by atoms with E-state index in [1.165, 1.54) is 6.33 Å². The number of sulfone groups is 1. The lowest BCUT2D eigenvalue weighted by Crippen LogP contribution is -2.05. The molecule has 0 unspecified atom stereocenters. The molecule has 0 fully saturated rings. The van der Waals surface area contributed by atoms with Crippen LogP contribution in [0.1, 0.15) is 16.1 Å². The lowest BCUT2D eigenvalue weighted by molar-refractivity contribution is 0.595. The summed E-state index contributed by atoms with van der Waals surface area (Å²) < 4.78 is 29.3. The molecule has 0 atom stereocenters. The van der Waals surface area contributed by atoms with Gasteiger partial charge >= 0.3 is 0 Å². The Morgan fingerprint density at radius 1 is 1.07 bits per heavy atom. The Hall–Kier alpha value is -3.15. The number of nitriles is 1. The fraction of sp³-hybridized carbons (Fsp3) is 0.100. The van der Waals surface area contributed by atoms with Gasteiger partial charge in [0.15, 0.2) is 9.84 Å². The van der Waals surface area contributed by atoms with Crippen LogP contribution in [0.15, 0.2) is 59.9 Å². The number of pyridine rings is 1. The van der Waals surface area contributed by atoms with E-state index >= 15 is 0 Å². The monoisotopic (exact) mass is 406 g/mol. The van der Waals surface area contributed by atoms with Gasteiger partial charge in [-0.05, 0) is 65.5 Å². The summed E-state index contributed by atoms with van der Waals surface area (Å²) in [5, 5.41) is 10.4. The van der Waals surface area contributed by atoms with E-state index in [2.05, 4.69) is 20.4 Å². The maximum absolute atomic E-state index is 12.7. The van der Waals surface area contributed by atoms with Gasteiger partial charge in [-0.25, -0.2) is 13.4 Å². The van der Waals surface area contributed by atoms with Crippen LogP contribution in [-0.2, 0) is 15.6 Å². The standard InChI is InChI=1S/C20H14N4O2S2/c1-13-8-14(10-21)2-4-16(13)17-6-7-22-19-9-15(3-5-18(17)19)28(25,26)11-20-23-12-24-27-20/h2-9,12H,11H2,1H3. The first-order chi connectivity index (χ1) is 13.5. The number of fused-ring (bicyclic) bond motifs is 1. The molecule has 2 aromatic carbocycles. The second kappa shape index (κ2) is 7.11. The van der Waals surface area contributed by atoms with Gasteiger partial charge < -0.3 is 0 Å². The number of aryl methyl sites for hydroxylation is 1. The van der Waals surface area contributed by atoms with Crippen LogP contribution in [0, 0.1) is 18.3 Å². The molecule has 138 valence electrons. The summed E-state index contributed by atoms with van der Waals surface area (Å²) >= 11 is 1.07. The Balaban J connectivity index is 1.80. The van der Waals surface area contributed by atoms with Crippen LogP contribution in [0.5, 0.6) is 0 Å². The van der Waals surface area contributed by atoms with Crippen LogP contribution < -0.4 is 0 Å². The van der Waals surface area contributed by atoms with Crippen LogP contribution in [0.2, 0.25) is 0 Å². The van der Waals surface area contributed by atoms with Crippen molar-refractivity contribution in [1.82, 2.24) is 14.3 Å². The zero-order valence-electron chi connectivity index (χ0n) is 14.8. The summed E-state index contributed by atoms with van der Waals surface area (Å²) in [5.41, 5.74) is 4.10. The van der Waals surface area contributed by atoms with E-state index < -0.39 is 9.84 Å². The van der Waals surface area contributed by atoms with Crippen LogP contribution >= 0.6 is 11.5 Å². The number of hydrogen-bond acceptors (Lipinski definition) is 7. The molecule has 0 aliphatic rings. The summed E-state index contributed by atoms with van der Waals surface area (Å²) in [6.07, 6.45) is 3.01. The Labute approximate surface area is 166 Å². The second-order valence-electron chi connectivity index (χ2n) is 6.27. The Morgan fingerprint density at radius 2 is 1.93 bits per heavy atom. The molecule has 0 radical (unpaired) electrons. The highest BCUT2D eigenvalue weighted by molar-refractivity contribution is 7.90. The maximum atomic E-state index is 12.7. The van der Waals surface area contributed by atoms with E-state index in [4.69, 9.17) is 5.26 Å². The number of rotatable bonds is 4. The maximum Gasteiger partial charge on any atom is 0.185 e. The molecule has 0 saturated carbocycles. The quantitative estimate of drug-likeness (QED) is 0.510. The largest absolute Gasteiger partial charge is 0.256 e. The predicted molar refractivity (Wildman–Crippen MR) is 107 cm³/mol. The normalized spacial score (nSPS) is 11.4. The van der Waals surface area contributed by atoms with Gasteiger partial charge in [0.2, 0.25) is 0 Å². The molecule has 0 N–H and O–H groups in total. The summed E-state index contributed by atoms with van der Waals surface area (Å²) in [4.78, 5) is 8.52. The molecular formula is C20H14N4O2S2. The number of hydrogen-bond donors (Lipinski definition) is 0. The molecule has 2 aromatic heterocycles. The minimum atomic E-state index is -3.54. The zero-order chi connectivity index (χ0) is 19.7. The predicted octanol–water partition coefficient (Wildman–Crippen LogP) is 3.91. The van der Waals surface area contributed by atoms with Gasteiger partial charge in [-0.3, -0.25) is 4.98 Å². The molecule has 0 amide bonds. The molecule has 0 spiro atoms. The van der Waals surface area contributed by atoms with Gasteiger partial charge in [-0.15, -0.1) is 0 Å². The summed E-state index contributed by atoms with van der Waals surface area (Å²) in [5.74, 6) is -0.183. The van der Waals surface area contributed by atoms with Crippen molar-refractivity contribution >= 4 is 32.3 Å². The second-order valence-corrected chi connectivity index (χ2v) is 9.13. The average molecular weight is 406 g/mol. The van der Waals surface area contributed by atoms with Crippen molar-refractivity contribution in [2.45, 2.75) is 17.6 Å². The highest BCUT2D eigenvalue weighted by Crippen LogP contribution is 2.32. The van der Waals surface area contributed by atoms with E-state index in [9.17, 15) is 8.42 Å². The van der Waals surface area contributed by atoms with Gasteiger partial charge in [0.1, 0.15) is 17.1 Å². The first-order valence-electron chi connectivity index (χ1n) is 8.36. The fourth-order valence-corrected chi connectivity index (χ4v) is 5.22. The zero-order valence-corrected chi connectivity index (χ0v) is 16.5. The minimum absolute atomic E-state index is 0.183. The lowest BCUT2D eigenvalue weighted by Gasteiger charge is -2.11. The van der Waals surface area contributed by atoms with Gasteiger partial charge in [-0.1, -0.05) is 12.1 Å². The molecule has 0 aliphatic carbocycles. The van der Waals surface area contributed by atoms with Crippen molar-refractivity contribution in [3.63, 3.8) is 0 Å². The van der Waals surface area contributed by atoms with E-state index in [1.54, 1.807) is 30.5 Å². The lowest BCUT2D eigenvalue weighted by atomic mass is 9.96. The molecular weight excluding hydrogens is 392 g/mol. The molecule has 0 saturated heterocycles. The molecule has 28 heavy (non-hydrogen) atoms. The van der Waals surface area contributed by atoms with Crippen molar-refractivity contribution < 1.29 is 8.42 Å². The first kappa shape index (κ1) is 18.2. The number of nitrogens with zero attached hydrogens (tertiary/aromatic N) is 4. The third-order valence-electron chi connectivity index (χ3n) is 4.44. The number of benzene rings is 2. The third kappa shape index (κ3) is 3.38. The van der Waals surface area contributed by atoms with Crippen LogP contribution in [0.4, 0.5) is 0 Å². The molecule has 0 aliphatic heterocycles. The van der Waals surface area contributed by atoms with Crippen molar-refractivity contribution in [3.05, 3.63) is 71.1 Å². The summed E-state index contributed by atoms with van der Waals surface area (Å²) in [6.45, 7) is 1.95. The van der Waals surface area contributed by atoms with Gasteiger partial charge in [0.05, 0.1) is 22.0 Å². The van der Waals surface area contributed by atoms with Crippen molar-refractivity contribution in [2.24, 2.45) is 0 Å². The third-order valence-corrected chi connectivity index (χ3v) is 6.91. The van der Waals surface area contributed by atoms with E-state index in [0.29, 0.717) is 16.1 Å². The SMILES string of the molecule is Cc1cc(C#N)ccc1-c1ccnc2cc(S(=O)(=O)Cc3ncns3)ccc12. The molecule has 0 bridgehead atoms. The van der Waals surface area contributed by atoms with E-state index in [1.807, 2.05) is 25.1 Å². The molecule has 2 heterocycles. The van der Waals surface area contributed by atoms with Crippen molar-refractivity contribution in [2.75, 3.05) is 0 Å². The molecule has 8 heteroatoms. The molecule has 4 rings (SSSR count). The number of aromatic nitrogens is 3. The van der Waals surface area contributed by atoms with Gasteiger partial charge in [0, 0.05) is 11.6 Å². The van der Waals surface area contributed by atoms with Crippen LogP contribution in [0.25, 0.3) is 22.0 Å². The first-order valence-corrected chi connectivity index (χ1v) is 10.8. The topological polar surface area (TPSA) is 96.6 Å². The fourth-order valence-electron chi connectivity index (χ4n) is 3.10. The Kier molecular flexibility index (Phi) is 4.63. The minimum Gasteiger partial charge on any atom is -0.256 e. The average Bonchev–Trinajstić information content (AvgIpc) is 3.19. The van der Waals surface area contributed by atoms with Crippen molar-refractivity contribution in [3.8, 4) is 17.2 Å². The smallest absolute Gasteiger partial charge is 0.185 e. The summed E-state index contributed by atoms with van der Waals surface area (Å²) in [6, 6.07) is 14.5. The summed E-state index contributed by atoms with van der Waals surface area (Å²) in [7, 11) is -3.54. The van der Waals surface area contributed by atoms with Crippen LogP contribution in [0.3, 0.4) is 0 Å².